The topological polar surface area (TPSA) is 71.3 Å². The molecule has 0 unspecified atom stereocenters. The van der Waals surface area contributed by atoms with Crippen LogP contribution in [0.1, 0.15) is 31.0 Å². The van der Waals surface area contributed by atoms with E-state index in [1.54, 1.807) is 18.2 Å². The van der Waals surface area contributed by atoms with E-state index in [1.807, 2.05) is 50.2 Å². The molecular formula is C23H23BrN2O3. The maximum Gasteiger partial charge on any atom is 0.262 e. The van der Waals surface area contributed by atoms with Crippen LogP contribution >= 0.6 is 15.9 Å². The van der Waals surface area contributed by atoms with E-state index in [-0.39, 0.29) is 11.6 Å². The first-order chi connectivity index (χ1) is 14.0. The Balaban J connectivity index is 2.28. The summed E-state index contributed by atoms with van der Waals surface area (Å²) in [6.45, 7) is 8.16. The standard InChI is InChI=1S/C23H23BrN2O3/c1-4-11-29-22-20(24)13-17(14-21(22)28-5-2)12-19(15-25)23(27)26-16(3)18-9-7-6-8-10-18/h4,6-10,12-14,16H,1,5,11H2,2-3H3,(H,26,27)/b19-12-/t16-/m1/s1. The van der Waals surface area contributed by atoms with E-state index in [4.69, 9.17) is 9.47 Å². The number of nitriles is 1. The number of nitrogens with zero attached hydrogens (tertiary/aromatic N) is 1. The molecule has 0 aromatic heterocycles. The van der Waals surface area contributed by atoms with Gasteiger partial charge in [0.15, 0.2) is 11.5 Å². The molecule has 0 heterocycles. The monoisotopic (exact) mass is 454 g/mol. The van der Waals surface area contributed by atoms with Crippen LogP contribution in [0.25, 0.3) is 6.08 Å². The molecule has 2 rings (SSSR count). The molecular weight excluding hydrogens is 432 g/mol. The number of benzene rings is 2. The van der Waals surface area contributed by atoms with Crippen molar-refractivity contribution in [3.8, 4) is 17.6 Å². The molecule has 0 spiro atoms. The molecule has 1 atom stereocenters. The number of rotatable bonds is 9. The van der Waals surface area contributed by atoms with Gasteiger partial charge in [-0.2, -0.15) is 5.26 Å². The zero-order valence-electron chi connectivity index (χ0n) is 16.4. The second kappa shape index (κ2) is 11.1. The summed E-state index contributed by atoms with van der Waals surface area (Å²) in [7, 11) is 0. The highest BCUT2D eigenvalue weighted by atomic mass is 79.9. The molecule has 0 bridgehead atoms. The molecule has 5 nitrogen and oxygen atoms in total. The smallest absolute Gasteiger partial charge is 0.262 e. The minimum atomic E-state index is -0.440. The normalized spacial score (nSPS) is 11.9. The van der Waals surface area contributed by atoms with Crippen LogP contribution in [0.4, 0.5) is 0 Å². The molecule has 2 aromatic carbocycles. The summed E-state index contributed by atoms with van der Waals surface area (Å²) in [5, 5.41) is 12.3. The summed E-state index contributed by atoms with van der Waals surface area (Å²) in [6.07, 6.45) is 3.17. The number of carbonyl (C=O) groups is 1. The predicted octanol–water partition coefficient (Wildman–Crippen LogP) is 5.20. The quantitative estimate of drug-likeness (QED) is 0.321. The van der Waals surface area contributed by atoms with Crippen molar-refractivity contribution in [1.82, 2.24) is 5.32 Å². The maximum absolute atomic E-state index is 12.6. The first kappa shape index (κ1) is 22.3. The number of carbonyl (C=O) groups excluding carboxylic acids is 1. The Labute approximate surface area is 179 Å². The molecule has 6 heteroatoms. The lowest BCUT2D eigenvalue weighted by Gasteiger charge is -2.15. The van der Waals surface area contributed by atoms with Crippen molar-refractivity contribution in [2.24, 2.45) is 0 Å². The fourth-order valence-corrected chi connectivity index (χ4v) is 3.21. The van der Waals surface area contributed by atoms with Gasteiger partial charge < -0.3 is 14.8 Å². The second-order valence-corrected chi connectivity index (χ2v) is 6.99. The maximum atomic E-state index is 12.6. The van der Waals surface area contributed by atoms with Gasteiger partial charge in [0, 0.05) is 0 Å². The lowest BCUT2D eigenvalue weighted by Crippen LogP contribution is -2.27. The van der Waals surface area contributed by atoms with Crippen LogP contribution in [-0.4, -0.2) is 19.1 Å². The minimum Gasteiger partial charge on any atom is -0.490 e. The van der Waals surface area contributed by atoms with Crippen molar-refractivity contribution in [1.29, 1.82) is 5.26 Å². The highest BCUT2D eigenvalue weighted by Crippen LogP contribution is 2.37. The largest absolute Gasteiger partial charge is 0.490 e. The van der Waals surface area contributed by atoms with E-state index in [0.717, 1.165) is 5.56 Å². The molecule has 1 N–H and O–H groups in total. The van der Waals surface area contributed by atoms with Gasteiger partial charge in [0.1, 0.15) is 18.2 Å². The zero-order chi connectivity index (χ0) is 21.2. The molecule has 2 aromatic rings. The molecule has 150 valence electrons. The summed E-state index contributed by atoms with van der Waals surface area (Å²) in [5.74, 6) is 0.625. The molecule has 0 aliphatic heterocycles. The van der Waals surface area contributed by atoms with Gasteiger partial charge in [-0.3, -0.25) is 4.79 Å². The lowest BCUT2D eigenvalue weighted by atomic mass is 10.1. The van der Waals surface area contributed by atoms with Gasteiger partial charge in [-0.15, -0.1) is 0 Å². The van der Waals surface area contributed by atoms with Crippen LogP contribution in [-0.2, 0) is 4.79 Å². The molecule has 0 saturated heterocycles. The third-order valence-electron chi connectivity index (χ3n) is 4.00. The van der Waals surface area contributed by atoms with Gasteiger partial charge in [-0.1, -0.05) is 43.0 Å². The number of amides is 1. The number of ether oxygens (including phenoxy) is 2. The van der Waals surface area contributed by atoms with Crippen LogP contribution in [0.5, 0.6) is 11.5 Å². The molecule has 0 saturated carbocycles. The third kappa shape index (κ3) is 6.23. The first-order valence-corrected chi connectivity index (χ1v) is 9.97. The van der Waals surface area contributed by atoms with Crippen molar-refractivity contribution < 1.29 is 14.3 Å². The van der Waals surface area contributed by atoms with E-state index >= 15 is 0 Å². The van der Waals surface area contributed by atoms with E-state index in [2.05, 4.69) is 27.8 Å². The van der Waals surface area contributed by atoms with Gasteiger partial charge in [-0.05, 0) is 59.1 Å². The lowest BCUT2D eigenvalue weighted by molar-refractivity contribution is -0.117. The van der Waals surface area contributed by atoms with Crippen molar-refractivity contribution in [2.45, 2.75) is 19.9 Å². The molecule has 0 fully saturated rings. The van der Waals surface area contributed by atoms with E-state index in [0.29, 0.717) is 34.7 Å². The zero-order valence-corrected chi connectivity index (χ0v) is 18.0. The Morgan fingerprint density at radius 3 is 2.66 bits per heavy atom. The van der Waals surface area contributed by atoms with E-state index in [1.165, 1.54) is 6.08 Å². The Hall–Kier alpha value is -3.04. The van der Waals surface area contributed by atoms with Crippen LogP contribution in [0, 0.1) is 11.3 Å². The highest BCUT2D eigenvalue weighted by Gasteiger charge is 2.16. The molecule has 1 amide bonds. The Morgan fingerprint density at radius 1 is 1.31 bits per heavy atom. The number of hydrogen-bond acceptors (Lipinski definition) is 4. The van der Waals surface area contributed by atoms with Crippen LogP contribution in [0.2, 0.25) is 0 Å². The second-order valence-electron chi connectivity index (χ2n) is 6.14. The first-order valence-electron chi connectivity index (χ1n) is 9.17. The van der Waals surface area contributed by atoms with Crippen molar-refractivity contribution in [3.63, 3.8) is 0 Å². The Kier molecular flexibility index (Phi) is 8.50. The highest BCUT2D eigenvalue weighted by molar-refractivity contribution is 9.10. The Bertz CT molecular complexity index is 933. The van der Waals surface area contributed by atoms with Crippen LogP contribution in [0.15, 0.2) is 65.2 Å². The van der Waals surface area contributed by atoms with Gasteiger partial charge in [0.05, 0.1) is 17.1 Å². The fourth-order valence-electron chi connectivity index (χ4n) is 2.63. The third-order valence-corrected chi connectivity index (χ3v) is 4.59. The van der Waals surface area contributed by atoms with Gasteiger partial charge in [0.2, 0.25) is 0 Å². The van der Waals surface area contributed by atoms with Crippen molar-refractivity contribution >= 4 is 27.9 Å². The number of nitrogens with one attached hydrogen (secondary N) is 1. The Morgan fingerprint density at radius 2 is 2.03 bits per heavy atom. The average Bonchev–Trinajstić information content (AvgIpc) is 2.72. The number of hydrogen-bond donors (Lipinski definition) is 1. The van der Waals surface area contributed by atoms with Crippen LogP contribution in [0.3, 0.4) is 0 Å². The summed E-state index contributed by atoms with van der Waals surface area (Å²) >= 11 is 3.47. The summed E-state index contributed by atoms with van der Waals surface area (Å²) in [5.41, 5.74) is 1.61. The summed E-state index contributed by atoms with van der Waals surface area (Å²) in [6, 6.07) is 14.8. The predicted molar refractivity (Wildman–Crippen MR) is 118 cm³/mol. The van der Waals surface area contributed by atoms with Crippen molar-refractivity contribution in [2.75, 3.05) is 13.2 Å². The van der Waals surface area contributed by atoms with Gasteiger partial charge in [-0.25, -0.2) is 0 Å². The van der Waals surface area contributed by atoms with E-state index in [9.17, 15) is 10.1 Å². The summed E-state index contributed by atoms with van der Waals surface area (Å²) in [4.78, 5) is 12.6. The molecule has 0 aliphatic rings. The molecule has 0 aliphatic carbocycles. The van der Waals surface area contributed by atoms with Crippen molar-refractivity contribution in [3.05, 3.63) is 76.3 Å². The fraction of sp³-hybridized carbons (Fsp3) is 0.217. The molecule has 0 radical (unpaired) electrons. The SMILES string of the molecule is C=CCOc1c(Br)cc(/C=C(/C#N)C(=O)N[C@H](C)c2ccccc2)cc1OCC. The van der Waals surface area contributed by atoms with Crippen LogP contribution < -0.4 is 14.8 Å². The van der Waals surface area contributed by atoms with E-state index < -0.39 is 5.91 Å². The average molecular weight is 455 g/mol. The number of halogens is 1. The molecule has 29 heavy (non-hydrogen) atoms. The van der Waals surface area contributed by atoms with Gasteiger partial charge >= 0.3 is 0 Å². The minimum absolute atomic E-state index is 0.00175. The summed E-state index contributed by atoms with van der Waals surface area (Å²) < 4.78 is 12.0. The van der Waals surface area contributed by atoms with Gasteiger partial charge in [0.25, 0.3) is 5.91 Å².